The van der Waals surface area contributed by atoms with Crippen LogP contribution in [0.15, 0.2) is 38.5 Å². The summed E-state index contributed by atoms with van der Waals surface area (Å²) in [5.74, 6) is 1.98. The summed E-state index contributed by atoms with van der Waals surface area (Å²) in [4.78, 5) is 12.5. The first-order valence-corrected chi connectivity index (χ1v) is 10.7. The van der Waals surface area contributed by atoms with Gasteiger partial charge in [-0.2, -0.15) is 0 Å². The number of rotatable bonds is 8. The topological polar surface area (TPSA) is 91.4 Å². The average molecular weight is 502 g/mol. The Morgan fingerprint density at radius 1 is 1.28 bits per heavy atom. The molecule has 154 valence electrons. The van der Waals surface area contributed by atoms with E-state index in [4.69, 9.17) is 25.5 Å². The molecule has 3 aromatic rings. The van der Waals surface area contributed by atoms with Gasteiger partial charge < -0.3 is 19.2 Å². The Hall–Kier alpha value is -2.17. The summed E-state index contributed by atoms with van der Waals surface area (Å²) in [6, 6.07) is 6.80. The summed E-state index contributed by atoms with van der Waals surface area (Å²) in [6.45, 7) is 2.60. The number of hydrogen-bond donors (Lipinski definition) is 1. The number of carbonyl (C=O) groups is 1. The average Bonchev–Trinajstić information content (AvgIpc) is 3.32. The van der Waals surface area contributed by atoms with Gasteiger partial charge in [0, 0.05) is 18.7 Å². The fourth-order valence-electron chi connectivity index (χ4n) is 2.57. The third-order valence-electron chi connectivity index (χ3n) is 3.91. The van der Waals surface area contributed by atoms with Gasteiger partial charge in [0.1, 0.15) is 11.5 Å². The zero-order valence-electron chi connectivity index (χ0n) is 15.9. The van der Waals surface area contributed by atoms with Gasteiger partial charge in [0.2, 0.25) is 11.7 Å². The van der Waals surface area contributed by atoms with E-state index in [1.807, 2.05) is 17.6 Å². The van der Waals surface area contributed by atoms with Crippen LogP contribution in [0.25, 0.3) is 11.6 Å². The number of halogens is 2. The van der Waals surface area contributed by atoms with Crippen LogP contribution in [-0.2, 0) is 11.3 Å². The van der Waals surface area contributed by atoms with Gasteiger partial charge in [0.15, 0.2) is 15.6 Å². The molecular weight excluding hydrogens is 484 g/mol. The van der Waals surface area contributed by atoms with Gasteiger partial charge in [0.25, 0.3) is 0 Å². The number of nitrogens with zero attached hydrogens (tertiary/aromatic N) is 3. The van der Waals surface area contributed by atoms with Gasteiger partial charge in [-0.15, -0.1) is 10.2 Å². The Labute approximate surface area is 185 Å². The molecule has 0 unspecified atom stereocenters. The Bertz CT molecular complexity index is 1020. The molecule has 0 atom stereocenters. The number of thioether (sulfide) groups is 1. The maximum Gasteiger partial charge on any atom is 0.234 e. The molecule has 0 aliphatic rings. The minimum atomic E-state index is -0.231. The molecule has 29 heavy (non-hydrogen) atoms. The summed E-state index contributed by atoms with van der Waals surface area (Å²) >= 11 is 10.6. The molecule has 0 aliphatic heterocycles. The van der Waals surface area contributed by atoms with Crippen molar-refractivity contribution in [3.63, 3.8) is 0 Å². The lowest BCUT2D eigenvalue weighted by Crippen LogP contribution is -2.15. The van der Waals surface area contributed by atoms with Crippen molar-refractivity contribution in [3.8, 4) is 23.1 Å². The Balaban J connectivity index is 1.71. The number of amides is 1. The molecule has 0 saturated heterocycles. The maximum absolute atomic E-state index is 12.5. The van der Waals surface area contributed by atoms with E-state index < -0.39 is 0 Å². The summed E-state index contributed by atoms with van der Waals surface area (Å²) in [5.41, 5.74) is 0.470. The highest BCUT2D eigenvalue weighted by atomic mass is 79.9. The third-order valence-corrected chi connectivity index (χ3v) is 5.60. The lowest BCUT2D eigenvalue weighted by Gasteiger charge is -2.13. The zero-order valence-corrected chi connectivity index (χ0v) is 19.0. The van der Waals surface area contributed by atoms with Crippen LogP contribution in [0.4, 0.5) is 5.69 Å². The highest BCUT2D eigenvalue weighted by molar-refractivity contribution is 9.10. The number of hydrogen-bond acceptors (Lipinski definition) is 7. The lowest BCUT2D eigenvalue weighted by molar-refractivity contribution is -0.113. The largest absolute Gasteiger partial charge is 0.495 e. The SMILES string of the molecule is CCn1c(SCC(=O)Nc2cc(OC)c(Cl)cc2OC)nnc1-c1ccc(Br)o1. The first kappa shape index (κ1) is 21.5. The van der Waals surface area contributed by atoms with E-state index >= 15 is 0 Å². The highest BCUT2D eigenvalue weighted by Crippen LogP contribution is 2.36. The van der Waals surface area contributed by atoms with Crippen molar-refractivity contribution < 1.29 is 18.7 Å². The van der Waals surface area contributed by atoms with Crippen LogP contribution in [0, 0.1) is 0 Å². The molecule has 0 bridgehead atoms. The number of carbonyl (C=O) groups excluding carboxylic acids is 1. The number of aromatic nitrogens is 3. The molecule has 1 aromatic carbocycles. The van der Waals surface area contributed by atoms with Crippen molar-refractivity contribution in [1.82, 2.24) is 14.8 Å². The smallest absolute Gasteiger partial charge is 0.234 e. The van der Waals surface area contributed by atoms with Crippen LogP contribution in [0.5, 0.6) is 11.5 Å². The van der Waals surface area contributed by atoms with E-state index in [1.54, 1.807) is 18.2 Å². The van der Waals surface area contributed by atoms with E-state index in [-0.39, 0.29) is 11.7 Å². The highest BCUT2D eigenvalue weighted by Gasteiger charge is 2.18. The van der Waals surface area contributed by atoms with E-state index in [0.29, 0.717) is 50.2 Å². The fraction of sp³-hybridized carbons (Fsp3) is 0.278. The van der Waals surface area contributed by atoms with E-state index in [0.717, 1.165) is 0 Å². The number of anilines is 1. The maximum atomic E-state index is 12.5. The Morgan fingerprint density at radius 2 is 2.03 bits per heavy atom. The first-order chi connectivity index (χ1) is 14.0. The molecule has 0 saturated carbocycles. The molecular formula is C18H18BrClN4O4S. The molecule has 1 amide bonds. The second-order valence-corrected chi connectivity index (χ2v) is 7.81. The monoisotopic (exact) mass is 500 g/mol. The van der Waals surface area contributed by atoms with Crippen LogP contribution >= 0.6 is 39.3 Å². The lowest BCUT2D eigenvalue weighted by atomic mass is 10.2. The molecule has 0 fully saturated rings. The van der Waals surface area contributed by atoms with Crippen LogP contribution in [0.2, 0.25) is 5.02 Å². The molecule has 2 heterocycles. The predicted octanol–water partition coefficient (Wildman–Crippen LogP) is 4.72. The van der Waals surface area contributed by atoms with Crippen LogP contribution in [0.1, 0.15) is 6.92 Å². The molecule has 0 aliphatic carbocycles. The summed E-state index contributed by atoms with van der Waals surface area (Å²) in [7, 11) is 3.00. The molecule has 0 radical (unpaired) electrons. The third kappa shape index (κ3) is 4.88. The van der Waals surface area contributed by atoms with Gasteiger partial charge >= 0.3 is 0 Å². The van der Waals surface area contributed by atoms with Crippen molar-refractivity contribution in [2.24, 2.45) is 0 Å². The standard InChI is InChI=1S/C18H18BrClN4O4S/c1-4-24-17(12-5-6-15(19)28-12)22-23-18(24)29-9-16(25)21-11-8-13(26-2)10(20)7-14(11)27-3/h5-8H,4,9H2,1-3H3,(H,21,25). The van der Waals surface area contributed by atoms with E-state index in [9.17, 15) is 4.79 Å². The number of ether oxygens (including phenoxy) is 2. The predicted molar refractivity (Wildman–Crippen MR) is 115 cm³/mol. The van der Waals surface area contributed by atoms with Crippen molar-refractivity contribution in [1.29, 1.82) is 0 Å². The first-order valence-electron chi connectivity index (χ1n) is 8.49. The molecule has 2 aromatic heterocycles. The number of methoxy groups -OCH3 is 2. The Morgan fingerprint density at radius 3 is 2.66 bits per heavy atom. The minimum Gasteiger partial charge on any atom is -0.495 e. The molecule has 3 rings (SSSR count). The normalized spacial score (nSPS) is 10.8. The molecule has 1 N–H and O–H groups in total. The second kappa shape index (κ2) is 9.55. The van der Waals surface area contributed by atoms with Crippen LogP contribution < -0.4 is 14.8 Å². The van der Waals surface area contributed by atoms with Crippen molar-refractivity contribution in [2.45, 2.75) is 18.6 Å². The van der Waals surface area contributed by atoms with Crippen molar-refractivity contribution in [2.75, 3.05) is 25.3 Å². The summed E-state index contributed by atoms with van der Waals surface area (Å²) in [6.07, 6.45) is 0. The zero-order chi connectivity index (χ0) is 21.0. The summed E-state index contributed by atoms with van der Waals surface area (Å²) < 4.78 is 18.5. The van der Waals surface area contributed by atoms with Gasteiger partial charge in [-0.25, -0.2) is 0 Å². The number of nitrogens with one attached hydrogen (secondary N) is 1. The molecule has 11 heteroatoms. The summed E-state index contributed by atoms with van der Waals surface area (Å²) in [5, 5.41) is 12.2. The van der Waals surface area contributed by atoms with E-state index in [1.165, 1.54) is 26.0 Å². The van der Waals surface area contributed by atoms with Gasteiger partial charge in [-0.3, -0.25) is 9.36 Å². The number of furan rings is 1. The van der Waals surface area contributed by atoms with Gasteiger partial charge in [0.05, 0.1) is 30.7 Å². The number of benzene rings is 1. The fourth-order valence-corrected chi connectivity index (χ4v) is 3.91. The van der Waals surface area contributed by atoms with Gasteiger partial charge in [-0.05, 0) is 35.0 Å². The van der Waals surface area contributed by atoms with E-state index in [2.05, 4.69) is 31.4 Å². The minimum absolute atomic E-state index is 0.133. The Kier molecular flexibility index (Phi) is 7.09. The second-order valence-electron chi connectivity index (χ2n) is 5.68. The van der Waals surface area contributed by atoms with Gasteiger partial charge in [-0.1, -0.05) is 23.4 Å². The van der Waals surface area contributed by atoms with Crippen LogP contribution in [-0.4, -0.2) is 40.6 Å². The molecule has 8 nitrogen and oxygen atoms in total. The molecule has 0 spiro atoms. The van der Waals surface area contributed by atoms with Crippen LogP contribution in [0.3, 0.4) is 0 Å². The van der Waals surface area contributed by atoms with Crippen molar-refractivity contribution >= 4 is 50.9 Å². The quantitative estimate of drug-likeness (QED) is 0.446. The van der Waals surface area contributed by atoms with Crippen molar-refractivity contribution in [3.05, 3.63) is 34.0 Å².